The van der Waals surface area contributed by atoms with E-state index in [1.54, 1.807) is 34.9 Å². The molecule has 2 N–H and O–H groups in total. The van der Waals surface area contributed by atoms with Crippen LogP contribution in [-0.4, -0.2) is 89.8 Å². The molecule has 76 heavy (non-hydrogen) atoms. The highest BCUT2D eigenvalue weighted by Crippen LogP contribution is 2.62. The van der Waals surface area contributed by atoms with Gasteiger partial charge in [-0.25, -0.2) is 4.79 Å². The van der Waals surface area contributed by atoms with Crippen LogP contribution >= 0.6 is 11.8 Å². The predicted octanol–water partition coefficient (Wildman–Crippen LogP) is 11.5. The number of ether oxygens (including phenoxy) is 7. The van der Waals surface area contributed by atoms with Crippen LogP contribution < -0.4 is 18.9 Å². The fourth-order valence-electron chi connectivity index (χ4n) is 11.0. The molecule has 9 rings (SSSR count). The second-order valence-electron chi connectivity index (χ2n) is 19.2. The van der Waals surface area contributed by atoms with Gasteiger partial charge in [-0.1, -0.05) is 66.5 Å². The van der Waals surface area contributed by atoms with Gasteiger partial charge < -0.3 is 48.2 Å². The molecule has 1 saturated carbocycles. The number of nitro benzene ring substituents is 1. The maximum Gasteiger partial charge on any atom is 0.410 e. The Labute approximate surface area is 447 Å². The van der Waals surface area contributed by atoms with Gasteiger partial charge in [0.25, 0.3) is 5.69 Å². The van der Waals surface area contributed by atoms with Crippen molar-refractivity contribution in [3.63, 3.8) is 0 Å². The Morgan fingerprint density at radius 1 is 0.855 bits per heavy atom. The molecule has 17 heteroatoms. The van der Waals surface area contributed by atoms with Crippen LogP contribution in [0, 0.1) is 27.9 Å². The quantitative estimate of drug-likeness (QED) is 0.0175. The minimum atomic E-state index is -1.60. The molecule has 2 aliphatic carbocycles. The third-order valence-corrected chi connectivity index (χ3v) is 15.2. The van der Waals surface area contributed by atoms with E-state index < -0.39 is 28.8 Å². The van der Waals surface area contributed by atoms with Crippen molar-refractivity contribution in [1.29, 1.82) is 0 Å². The number of carbonyl (C=O) groups is 1. The summed E-state index contributed by atoms with van der Waals surface area (Å²) in [6.07, 6.45) is 9.58. The molecule has 1 amide bonds. The molecule has 0 spiro atoms. The Morgan fingerprint density at radius 2 is 1.58 bits per heavy atom. The monoisotopic (exact) mass is 1060 g/mol. The average molecular weight is 1060 g/mol. The summed E-state index contributed by atoms with van der Waals surface area (Å²) in [6, 6.07) is 34.3. The van der Waals surface area contributed by atoms with Gasteiger partial charge in [-0.15, -0.1) is 18.3 Å². The minimum absolute atomic E-state index is 0.000748. The van der Waals surface area contributed by atoms with Gasteiger partial charge in [-0.2, -0.15) is 0 Å². The molecule has 6 atom stereocenters. The number of non-ortho nitro benzene ring substituents is 1. The van der Waals surface area contributed by atoms with E-state index in [2.05, 4.69) is 12.7 Å². The third kappa shape index (κ3) is 12.5. The number of aliphatic hydroxyl groups excluding tert-OH is 2. The van der Waals surface area contributed by atoms with E-state index in [4.69, 9.17) is 43.2 Å². The van der Waals surface area contributed by atoms with Gasteiger partial charge in [0.2, 0.25) is 12.6 Å². The number of benzene rings is 5. The van der Waals surface area contributed by atoms with Crippen LogP contribution in [0.5, 0.6) is 28.7 Å². The molecule has 0 unspecified atom stereocenters. The first-order chi connectivity index (χ1) is 37.2. The number of unbranched alkanes of at least 4 members (excludes halogenated alkanes) is 2. The highest BCUT2D eigenvalue weighted by molar-refractivity contribution is 7.98. The van der Waals surface area contributed by atoms with Crippen LogP contribution in [0.25, 0.3) is 0 Å². The number of rotatable bonds is 26. The highest BCUT2D eigenvalue weighted by Gasteiger charge is 2.66. The first-order valence-electron chi connectivity index (χ1n) is 25.9. The average Bonchev–Trinajstić information content (AvgIpc) is 4.06. The zero-order valence-corrected chi connectivity index (χ0v) is 43.5. The number of fused-ring (bicyclic) bond motifs is 3. The number of hydrogen-bond acceptors (Lipinski definition) is 15. The number of thioether (sulfide) groups is 1. The van der Waals surface area contributed by atoms with Gasteiger partial charge in [0.05, 0.1) is 36.4 Å². The molecule has 5 aromatic rings. The summed E-state index contributed by atoms with van der Waals surface area (Å²) in [6.45, 7) is 4.73. The Kier molecular flexibility index (Phi) is 18.3. The van der Waals surface area contributed by atoms with Crippen molar-refractivity contribution in [3.8, 4) is 28.7 Å². The summed E-state index contributed by atoms with van der Waals surface area (Å²) in [5.41, 5.74) is 4.61. The lowest BCUT2D eigenvalue weighted by Crippen LogP contribution is -2.70. The fraction of sp³-hybridized carbons (Fsp3) is 0.390. The van der Waals surface area contributed by atoms with Gasteiger partial charge in [0, 0.05) is 54.7 Å². The molecule has 4 aliphatic rings. The van der Waals surface area contributed by atoms with Gasteiger partial charge in [0.1, 0.15) is 36.5 Å². The smallest absolute Gasteiger partial charge is 0.410 e. The largest absolute Gasteiger partial charge is 0.459 e. The minimum Gasteiger partial charge on any atom is -0.459 e. The Bertz CT molecular complexity index is 2830. The number of carbonyl (C=O) groups excluding carboxylic acids is 1. The maximum atomic E-state index is 15.2. The molecule has 0 aromatic heterocycles. The third-order valence-electron chi connectivity index (χ3n) is 14.5. The molecule has 1 fully saturated rings. The van der Waals surface area contributed by atoms with Crippen LogP contribution in [-0.2, 0) is 38.8 Å². The Balaban J connectivity index is 1.19. The first-order valence-corrected chi connectivity index (χ1v) is 27.1. The summed E-state index contributed by atoms with van der Waals surface area (Å²) >= 11 is 1.65. The molecule has 2 heterocycles. The predicted molar refractivity (Wildman–Crippen MR) is 287 cm³/mol. The van der Waals surface area contributed by atoms with Crippen molar-refractivity contribution in [3.05, 3.63) is 172 Å². The zero-order valence-electron chi connectivity index (χ0n) is 42.7. The second-order valence-corrected chi connectivity index (χ2v) is 20.1. The molecular weight excluding hydrogens is 991 g/mol. The van der Waals surface area contributed by atoms with Crippen LogP contribution in [0.3, 0.4) is 0 Å². The van der Waals surface area contributed by atoms with E-state index in [0.717, 1.165) is 52.8 Å². The second kappa shape index (κ2) is 25.8. The zero-order chi connectivity index (χ0) is 52.9. The Hall–Kier alpha value is -6.89. The van der Waals surface area contributed by atoms with E-state index in [1.807, 2.05) is 97.3 Å². The summed E-state index contributed by atoms with van der Waals surface area (Å²) in [7, 11) is 0. The number of amides is 1. The number of nitro groups is 1. The Morgan fingerprint density at radius 3 is 2.33 bits per heavy atom. The van der Waals surface area contributed by atoms with Crippen molar-refractivity contribution in [2.75, 3.05) is 46.1 Å². The molecule has 0 saturated heterocycles. The molecule has 0 bridgehead atoms. The first kappa shape index (κ1) is 53.9. The molecule has 5 aromatic carbocycles. The topological polar surface area (TPSA) is 190 Å². The van der Waals surface area contributed by atoms with E-state index in [1.165, 1.54) is 12.1 Å². The molecule has 400 valence electrons. The van der Waals surface area contributed by atoms with Crippen LogP contribution in [0.2, 0.25) is 0 Å². The van der Waals surface area contributed by atoms with Gasteiger partial charge in [0.15, 0.2) is 11.5 Å². The number of oxime groups is 1. The highest BCUT2D eigenvalue weighted by atomic mass is 32.2. The van der Waals surface area contributed by atoms with E-state index in [9.17, 15) is 20.3 Å². The van der Waals surface area contributed by atoms with Gasteiger partial charge in [-0.3, -0.25) is 15.0 Å². The van der Waals surface area contributed by atoms with Crippen molar-refractivity contribution in [2.24, 2.45) is 22.9 Å². The van der Waals surface area contributed by atoms with Crippen LogP contribution in [0.15, 0.2) is 150 Å². The van der Waals surface area contributed by atoms with Crippen molar-refractivity contribution in [1.82, 2.24) is 4.90 Å². The number of nitrogens with zero attached hydrogens (tertiary/aromatic N) is 3. The summed E-state index contributed by atoms with van der Waals surface area (Å²) in [5.74, 6) is 0.303. The lowest BCUT2D eigenvalue weighted by molar-refractivity contribution is -0.384. The van der Waals surface area contributed by atoms with Crippen LogP contribution in [0.1, 0.15) is 73.1 Å². The summed E-state index contributed by atoms with van der Waals surface area (Å²) in [4.78, 5) is 35.3. The summed E-state index contributed by atoms with van der Waals surface area (Å²) in [5, 5.41) is 36.7. The maximum absolute atomic E-state index is 15.2. The van der Waals surface area contributed by atoms with Crippen molar-refractivity contribution >= 4 is 29.3 Å². The number of allylic oxidation sites excluding steroid dienone is 1. The van der Waals surface area contributed by atoms with E-state index in [0.29, 0.717) is 59.5 Å². The van der Waals surface area contributed by atoms with Crippen molar-refractivity contribution < 1.29 is 57.9 Å². The van der Waals surface area contributed by atoms with E-state index in [-0.39, 0.29) is 82.8 Å². The van der Waals surface area contributed by atoms with Gasteiger partial charge >= 0.3 is 6.09 Å². The fourth-order valence-corrected chi connectivity index (χ4v) is 11.4. The SMILES string of the molecule is C=CCO[C@@]12Oc3ccc(Oc4ccc(SC)cc4)cc3[C@H]3[C@H](CCCCO)[C@@H](CCCCO)C=C(C(=NOCc4ccc([N+](=O)[O-])cc4)C[C@@H]1N(Cc1ccc4c(c1)OCO4)C(=O)OCCOCc1ccccc1)[C@H]32. The standard InChI is InChI=1S/C59H65N3O13S/c1-3-29-72-59-55(61(36-42-17-25-53-54(32-42)71-39-70-53)58(65)69-31-30-68-37-40-11-5-4-6-12-40)35-51(60-73-38-41-15-18-44(19-16-41)62(66)67)49-33-43(13-7-9-27-63)48(14-8-10-28-64)56(57(49)59)50-34-46(22-26-52(50)75-59)74-45-20-23-47(76-2)24-21-45/h3-6,11-12,15-26,32-34,43,48,55-57,63-64H,1,7-10,13-14,27-31,35-39H2,2H3/t43-,48+,55-,56+,57+,59+/m0/s1. The molecular formula is C59H65N3O13S. The molecule has 2 aliphatic heterocycles. The lowest BCUT2D eigenvalue weighted by Gasteiger charge is -2.59. The molecule has 16 nitrogen and oxygen atoms in total. The normalized spacial score (nSPS) is 21.4. The number of aliphatic hydroxyl groups is 2. The summed E-state index contributed by atoms with van der Waals surface area (Å²) < 4.78 is 45.0. The number of hydrogen-bond donors (Lipinski definition) is 2. The lowest BCUT2D eigenvalue weighted by atomic mass is 9.55. The molecule has 0 radical (unpaired) electrons. The van der Waals surface area contributed by atoms with E-state index >= 15 is 4.79 Å². The van der Waals surface area contributed by atoms with Gasteiger partial charge in [-0.05, 0) is 133 Å². The van der Waals surface area contributed by atoms with Crippen LogP contribution in [0.4, 0.5) is 10.5 Å². The van der Waals surface area contributed by atoms with Crippen molar-refractivity contribution in [2.45, 2.75) is 87.3 Å².